The smallest absolute Gasteiger partial charge is 0.410 e. The van der Waals surface area contributed by atoms with Crippen LogP contribution in [-0.2, 0) is 4.74 Å². The van der Waals surface area contributed by atoms with Crippen molar-refractivity contribution in [1.29, 1.82) is 0 Å². The van der Waals surface area contributed by atoms with Crippen LogP contribution in [0.1, 0.15) is 38.7 Å². The largest absolute Gasteiger partial charge is 0.444 e. The van der Waals surface area contributed by atoms with Gasteiger partial charge in [-0.3, -0.25) is 0 Å². The van der Waals surface area contributed by atoms with Crippen LogP contribution in [0.4, 0.5) is 4.79 Å². The molecule has 1 aliphatic heterocycles. The lowest BCUT2D eigenvalue weighted by Crippen LogP contribution is -2.35. The molecule has 98 valence electrons. The number of nitrogens with zero attached hydrogens (tertiary/aromatic N) is 3. The molecule has 5 nitrogen and oxygen atoms in total. The summed E-state index contributed by atoms with van der Waals surface area (Å²) in [5.74, 6) is 0.318. The van der Waals surface area contributed by atoms with Gasteiger partial charge in [-0.2, -0.15) is 0 Å². The second-order valence-electron chi connectivity index (χ2n) is 5.58. The number of hydrogen-bond donors (Lipinski definition) is 0. The van der Waals surface area contributed by atoms with E-state index in [1.165, 1.54) is 6.33 Å². The van der Waals surface area contributed by atoms with Gasteiger partial charge in [-0.25, -0.2) is 14.8 Å². The van der Waals surface area contributed by atoms with Gasteiger partial charge in [0, 0.05) is 31.4 Å². The molecule has 1 atom stereocenters. The predicted octanol–water partition coefficient (Wildman–Crippen LogP) is 2.20. The van der Waals surface area contributed by atoms with Crippen LogP contribution in [0.2, 0.25) is 0 Å². The average Bonchev–Trinajstić information content (AvgIpc) is 2.77. The zero-order valence-corrected chi connectivity index (χ0v) is 11.1. The Balaban J connectivity index is 1.95. The molecule has 0 bridgehead atoms. The second-order valence-corrected chi connectivity index (χ2v) is 5.58. The molecular weight excluding hydrogens is 230 g/mol. The van der Waals surface area contributed by atoms with Crippen molar-refractivity contribution < 1.29 is 9.53 Å². The van der Waals surface area contributed by atoms with E-state index in [1.54, 1.807) is 4.90 Å². The molecule has 1 fully saturated rings. The number of ether oxygens (including phenoxy) is 1. The van der Waals surface area contributed by atoms with E-state index in [0.29, 0.717) is 12.5 Å². The van der Waals surface area contributed by atoms with E-state index >= 15 is 0 Å². The van der Waals surface area contributed by atoms with Crippen molar-refractivity contribution >= 4 is 6.09 Å². The molecule has 18 heavy (non-hydrogen) atoms. The Kier molecular flexibility index (Phi) is 3.50. The van der Waals surface area contributed by atoms with Gasteiger partial charge in [0.15, 0.2) is 0 Å². The van der Waals surface area contributed by atoms with E-state index in [1.807, 2.05) is 33.2 Å². The van der Waals surface area contributed by atoms with Crippen LogP contribution in [0.5, 0.6) is 0 Å². The summed E-state index contributed by atoms with van der Waals surface area (Å²) in [6.45, 7) is 7.05. The second kappa shape index (κ2) is 4.92. The van der Waals surface area contributed by atoms with Crippen LogP contribution in [-0.4, -0.2) is 39.7 Å². The Morgan fingerprint density at radius 3 is 2.67 bits per heavy atom. The molecule has 0 radical (unpaired) electrons. The highest BCUT2D eigenvalue weighted by Crippen LogP contribution is 2.27. The van der Waals surface area contributed by atoms with Crippen molar-refractivity contribution in [2.45, 2.75) is 38.7 Å². The van der Waals surface area contributed by atoms with E-state index in [2.05, 4.69) is 9.97 Å². The van der Waals surface area contributed by atoms with Crippen molar-refractivity contribution in [2.75, 3.05) is 13.1 Å². The maximum Gasteiger partial charge on any atom is 0.410 e. The first kappa shape index (κ1) is 12.8. The van der Waals surface area contributed by atoms with E-state index in [-0.39, 0.29) is 6.09 Å². The number of amides is 1. The first-order valence-electron chi connectivity index (χ1n) is 6.18. The van der Waals surface area contributed by atoms with Gasteiger partial charge >= 0.3 is 6.09 Å². The summed E-state index contributed by atoms with van der Waals surface area (Å²) in [5.41, 5.74) is 0.647. The Hall–Kier alpha value is -1.65. The van der Waals surface area contributed by atoms with E-state index in [0.717, 1.165) is 18.5 Å². The van der Waals surface area contributed by atoms with Gasteiger partial charge in [-0.15, -0.1) is 0 Å². The number of rotatable bonds is 1. The normalized spacial score (nSPS) is 19.9. The van der Waals surface area contributed by atoms with Crippen molar-refractivity contribution in [3.05, 3.63) is 24.3 Å². The fourth-order valence-electron chi connectivity index (χ4n) is 2.05. The SMILES string of the molecule is CC(C)(C)OC(=O)N1CCC(c2cncnc2)C1. The third-order valence-electron chi connectivity index (χ3n) is 2.89. The quantitative estimate of drug-likeness (QED) is 0.765. The molecule has 2 heterocycles. The minimum atomic E-state index is -0.439. The van der Waals surface area contributed by atoms with Crippen LogP contribution in [0.25, 0.3) is 0 Å². The highest BCUT2D eigenvalue weighted by atomic mass is 16.6. The van der Waals surface area contributed by atoms with Gasteiger partial charge in [0.05, 0.1) is 0 Å². The van der Waals surface area contributed by atoms with Gasteiger partial charge < -0.3 is 9.64 Å². The summed E-state index contributed by atoms with van der Waals surface area (Å²) in [7, 11) is 0. The predicted molar refractivity (Wildman–Crippen MR) is 67.2 cm³/mol. The first-order chi connectivity index (χ1) is 8.46. The highest BCUT2D eigenvalue weighted by Gasteiger charge is 2.30. The summed E-state index contributed by atoms with van der Waals surface area (Å²) in [6.07, 6.45) is 5.85. The molecule has 0 saturated carbocycles. The molecule has 1 aromatic heterocycles. The molecule has 2 rings (SSSR count). The molecule has 0 N–H and O–H groups in total. The average molecular weight is 249 g/mol. The van der Waals surface area contributed by atoms with Crippen LogP contribution < -0.4 is 0 Å². The zero-order chi connectivity index (χ0) is 13.2. The molecule has 0 spiro atoms. The van der Waals surface area contributed by atoms with Crippen molar-refractivity contribution in [3.8, 4) is 0 Å². The molecule has 1 saturated heterocycles. The maximum absolute atomic E-state index is 11.9. The molecule has 5 heteroatoms. The summed E-state index contributed by atoms with van der Waals surface area (Å²) >= 11 is 0. The lowest BCUT2D eigenvalue weighted by molar-refractivity contribution is 0.0292. The molecule has 1 aliphatic rings. The van der Waals surface area contributed by atoms with Gasteiger partial charge in [0.25, 0.3) is 0 Å². The van der Waals surface area contributed by atoms with E-state index in [4.69, 9.17) is 4.74 Å². The topological polar surface area (TPSA) is 55.3 Å². The van der Waals surface area contributed by atoms with Crippen molar-refractivity contribution in [1.82, 2.24) is 14.9 Å². The molecular formula is C13H19N3O2. The van der Waals surface area contributed by atoms with Gasteiger partial charge in [-0.1, -0.05) is 0 Å². The maximum atomic E-state index is 11.9. The first-order valence-corrected chi connectivity index (χ1v) is 6.18. The Labute approximate surface area is 107 Å². The van der Waals surface area contributed by atoms with Gasteiger partial charge in [-0.05, 0) is 32.8 Å². The van der Waals surface area contributed by atoms with Crippen LogP contribution in [0.15, 0.2) is 18.7 Å². The van der Waals surface area contributed by atoms with Crippen LogP contribution in [0.3, 0.4) is 0 Å². The van der Waals surface area contributed by atoms with E-state index < -0.39 is 5.60 Å². The fourth-order valence-corrected chi connectivity index (χ4v) is 2.05. The van der Waals surface area contributed by atoms with Gasteiger partial charge in [0.1, 0.15) is 11.9 Å². The summed E-state index contributed by atoms with van der Waals surface area (Å²) in [4.78, 5) is 21.7. The summed E-state index contributed by atoms with van der Waals surface area (Å²) in [5, 5.41) is 0. The minimum absolute atomic E-state index is 0.234. The lowest BCUT2D eigenvalue weighted by atomic mass is 10.0. The summed E-state index contributed by atoms with van der Waals surface area (Å²) < 4.78 is 5.36. The Bertz CT molecular complexity index is 414. The summed E-state index contributed by atoms with van der Waals surface area (Å²) in [6, 6.07) is 0. The van der Waals surface area contributed by atoms with Crippen LogP contribution in [0, 0.1) is 0 Å². The number of aromatic nitrogens is 2. The molecule has 0 aromatic carbocycles. The zero-order valence-electron chi connectivity index (χ0n) is 11.1. The number of carbonyl (C=O) groups is 1. The highest BCUT2D eigenvalue weighted by molar-refractivity contribution is 5.68. The third kappa shape index (κ3) is 3.18. The monoisotopic (exact) mass is 249 g/mol. The Morgan fingerprint density at radius 2 is 2.06 bits per heavy atom. The van der Waals surface area contributed by atoms with Gasteiger partial charge in [0.2, 0.25) is 0 Å². The standard InChI is InChI=1S/C13H19N3O2/c1-13(2,3)18-12(17)16-5-4-10(8-16)11-6-14-9-15-7-11/h6-7,9-10H,4-5,8H2,1-3H3. The number of likely N-dealkylation sites (tertiary alicyclic amines) is 1. The lowest BCUT2D eigenvalue weighted by Gasteiger charge is -2.24. The molecule has 1 aromatic rings. The number of hydrogen-bond acceptors (Lipinski definition) is 4. The minimum Gasteiger partial charge on any atom is -0.444 e. The Morgan fingerprint density at radius 1 is 1.39 bits per heavy atom. The van der Waals surface area contributed by atoms with Crippen molar-refractivity contribution in [2.24, 2.45) is 0 Å². The third-order valence-corrected chi connectivity index (χ3v) is 2.89. The number of carbonyl (C=O) groups excluding carboxylic acids is 1. The van der Waals surface area contributed by atoms with E-state index in [9.17, 15) is 4.79 Å². The fraction of sp³-hybridized carbons (Fsp3) is 0.615. The molecule has 1 unspecified atom stereocenters. The van der Waals surface area contributed by atoms with Crippen molar-refractivity contribution in [3.63, 3.8) is 0 Å². The van der Waals surface area contributed by atoms with Crippen LogP contribution >= 0.6 is 0 Å². The molecule has 1 amide bonds. The molecule has 0 aliphatic carbocycles.